The lowest BCUT2D eigenvalue weighted by atomic mass is 9.91. The second-order valence-corrected chi connectivity index (χ2v) is 9.37. The SMILES string of the molecule is O=C(NC1CCCCC1)C1CCN(C2CCN(C(=O)COc3ccccc3)CC2)CC1. The Morgan fingerprint density at radius 2 is 1.55 bits per heavy atom. The van der Waals surface area contributed by atoms with Gasteiger partial charge in [0.25, 0.3) is 5.91 Å². The van der Waals surface area contributed by atoms with Crippen molar-refractivity contribution < 1.29 is 14.3 Å². The molecule has 0 aromatic heterocycles. The Bertz CT molecular complexity index is 704. The summed E-state index contributed by atoms with van der Waals surface area (Å²) in [7, 11) is 0. The van der Waals surface area contributed by atoms with Gasteiger partial charge in [0.1, 0.15) is 5.75 Å². The van der Waals surface area contributed by atoms with Crippen LogP contribution in [0.15, 0.2) is 30.3 Å². The maximum Gasteiger partial charge on any atom is 0.260 e. The van der Waals surface area contributed by atoms with E-state index in [1.807, 2.05) is 35.2 Å². The van der Waals surface area contributed by atoms with E-state index in [1.165, 1.54) is 19.3 Å². The number of carbonyl (C=O) groups is 2. The first-order valence-electron chi connectivity index (χ1n) is 12.2. The van der Waals surface area contributed by atoms with Crippen LogP contribution < -0.4 is 10.1 Å². The number of hydrogen-bond donors (Lipinski definition) is 1. The molecule has 0 unspecified atom stereocenters. The smallest absolute Gasteiger partial charge is 0.260 e. The van der Waals surface area contributed by atoms with Gasteiger partial charge in [-0.25, -0.2) is 0 Å². The fourth-order valence-corrected chi connectivity index (χ4v) is 5.33. The second-order valence-electron chi connectivity index (χ2n) is 9.37. The van der Waals surface area contributed by atoms with Crippen molar-refractivity contribution >= 4 is 11.8 Å². The monoisotopic (exact) mass is 427 g/mol. The van der Waals surface area contributed by atoms with Crippen LogP contribution in [0.1, 0.15) is 57.8 Å². The fraction of sp³-hybridized carbons (Fsp3) is 0.680. The zero-order chi connectivity index (χ0) is 21.5. The number of piperidine rings is 2. The Balaban J connectivity index is 1.14. The normalized spacial score (nSPS) is 22.3. The van der Waals surface area contributed by atoms with E-state index in [0.29, 0.717) is 12.1 Å². The number of ether oxygens (including phenoxy) is 1. The highest BCUT2D eigenvalue weighted by Crippen LogP contribution is 2.25. The molecular weight excluding hydrogens is 390 g/mol. The van der Waals surface area contributed by atoms with E-state index in [4.69, 9.17) is 4.74 Å². The van der Waals surface area contributed by atoms with E-state index >= 15 is 0 Å². The Morgan fingerprint density at radius 1 is 0.871 bits per heavy atom. The molecule has 1 N–H and O–H groups in total. The van der Waals surface area contributed by atoms with E-state index < -0.39 is 0 Å². The van der Waals surface area contributed by atoms with Crippen LogP contribution in [0, 0.1) is 5.92 Å². The Morgan fingerprint density at radius 3 is 2.23 bits per heavy atom. The molecule has 1 saturated carbocycles. The molecule has 0 radical (unpaired) electrons. The topological polar surface area (TPSA) is 61.9 Å². The fourth-order valence-electron chi connectivity index (χ4n) is 5.33. The third kappa shape index (κ3) is 6.22. The molecule has 4 rings (SSSR count). The van der Waals surface area contributed by atoms with E-state index in [2.05, 4.69) is 10.2 Å². The summed E-state index contributed by atoms with van der Waals surface area (Å²) in [5.41, 5.74) is 0. The summed E-state index contributed by atoms with van der Waals surface area (Å²) in [6.45, 7) is 3.70. The highest BCUT2D eigenvalue weighted by atomic mass is 16.5. The second kappa shape index (κ2) is 11.0. The van der Waals surface area contributed by atoms with Crippen LogP contribution in [0.4, 0.5) is 0 Å². The minimum absolute atomic E-state index is 0.0698. The van der Waals surface area contributed by atoms with Gasteiger partial charge in [-0.2, -0.15) is 0 Å². The lowest BCUT2D eigenvalue weighted by molar-refractivity contribution is -0.135. The lowest BCUT2D eigenvalue weighted by Gasteiger charge is -2.41. The van der Waals surface area contributed by atoms with Gasteiger partial charge < -0.3 is 19.9 Å². The molecule has 3 aliphatic rings. The standard InChI is InChI=1S/C25H37N3O3/c29-24(19-31-23-9-5-2-6-10-23)28-17-13-22(14-18-28)27-15-11-20(12-16-27)25(30)26-21-7-3-1-4-8-21/h2,5-6,9-10,20-22H,1,3-4,7-8,11-19H2,(H,26,30). The first kappa shape index (κ1) is 22.1. The number of hydrogen-bond acceptors (Lipinski definition) is 4. The van der Waals surface area contributed by atoms with Crippen molar-refractivity contribution in [3.63, 3.8) is 0 Å². The van der Waals surface area contributed by atoms with E-state index in [9.17, 15) is 9.59 Å². The number of para-hydroxylation sites is 1. The summed E-state index contributed by atoms with van der Waals surface area (Å²) in [5.74, 6) is 1.27. The average Bonchev–Trinajstić information content (AvgIpc) is 2.84. The van der Waals surface area contributed by atoms with Gasteiger partial charge in [0.2, 0.25) is 5.91 Å². The quantitative estimate of drug-likeness (QED) is 0.757. The number of benzene rings is 1. The molecule has 0 atom stereocenters. The molecule has 1 aromatic carbocycles. The average molecular weight is 428 g/mol. The van der Waals surface area contributed by atoms with Gasteiger partial charge in [-0.05, 0) is 63.7 Å². The van der Waals surface area contributed by atoms with Gasteiger partial charge in [0.05, 0.1) is 0 Å². The van der Waals surface area contributed by atoms with Crippen molar-refractivity contribution in [1.29, 1.82) is 0 Å². The molecule has 31 heavy (non-hydrogen) atoms. The zero-order valence-corrected chi connectivity index (χ0v) is 18.6. The summed E-state index contributed by atoms with van der Waals surface area (Å²) in [6.07, 6.45) is 10.1. The predicted molar refractivity (Wildman–Crippen MR) is 121 cm³/mol. The van der Waals surface area contributed by atoms with Crippen molar-refractivity contribution in [2.75, 3.05) is 32.8 Å². The summed E-state index contributed by atoms with van der Waals surface area (Å²) >= 11 is 0. The number of amides is 2. The molecule has 2 saturated heterocycles. The van der Waals surface area contributed by atoms with Gasteiger partial charge in [-0.1, -0.05) is 37.5 Å². The van der Waals surface area contributed by atoms with Crippen molar-refractivity contribution in [3.8, 4) is 5.75 Å². The highest BCUT2D eigenvalue weighted by Gasteiger charge is 2.32. The van der Waals surface area contributed by atoms with Crippen LogP contribution >= 0.6 is 0 Å². The molecule has 0 bridgehead atoms. The first-order valence-corrected chi connectivity index (χ1v) is 12.2. The van der Waals surface area contributed by atoms with E-state index in [1.54, 1.807) is 0 Å². The van der Waals surface area contributed by atoms with Crippen molar-refractivity contribution in [2.24, 2.45) is 5.92 Å². The zero-order valence-electron chi connectivity index (χ0n) is 18.6. The van der Waals surface area contributed by atoms with Crippen LogP contribution in [0.5, 0.6) is 5.75 Å². The maximum atomic E-state index is 12.6. The van der Waals surface area contributed by atoms with Crippen LogP contribution in [0.2, 0.25) is 0 Å². The van der Waals surface area contributed by atoms with Crippen LogP contribution in [0.25, 0.3) is 0 Å². The number of carbonyl (C=O) groups excluding carboxylic acids is 2. The number of nitrogens with zero attached hydrogens (tertiary/aromatic N) is 2. The van der Waals surface area contributed by atoms with Gasteiger partial charge in [-0.3, -0.25) is 9.59 Å². The van der Waals surface area contributed by atoms with E-state index in [0.717, 1.165) is 70.5 Å². The van der Waals surface area contributed by atoms with Crippen LogP contribution in [-0.2, 0) is 9.59 Å². The minimum Gasteiger partial charge on any atom is -0.484 e. The number of nitrogens with one attached hydrogen (secondary N) is 1. The molecule has 170 valence electrons. The molecule has 2 heterocycles. The molecule has 2 aliphatic heterocycles. The molecule has 2 amide bonds. The molecule has 0 spiro atoms. The third-order valence-electron chi connectivity index (χ3n) is 7.29. The molecule has 3 fully saturated rings. The van der Waals surface area contributed by atoms with Crippen molar-refractivity contribution in [1.82, 2.24) is 15.1 Å². The van der Waals surface area contributed by atoms with Crippen LogP contribution in [0.3, 0.4) is 0 Å². The molecule has 6 nitrogen and oxygen atoms in total. The Kier molecular flexibility index (Phi) is 7.84. The third-order valence-corrected chi connectivity index (χ3v) is 7.29. The largest absolute Gasteiger partial charge is 0.484 e. The molecular formula is C25H37N3O3. The molecule has 6 heteroatoms. The minimum atomic E-state index is 0.0698. The van der Waals surface area contributed by atoms with Crippen molar-refractivity contribution in [2.45, 2.75) is 69.9 Å². The Labute approximate surface area is 186 Å². The summed E-state index contributed by atoms with van der Waals surface area (Å²) in [5, 5.41) is 3.31. The summed E-state index contributed by atoms with van der Waals surface area (Å²) in [6, 6.07) is 10.4. The van der Waals surface area contributed by atoms with Gasteiger partial charge in [0.15, 0.2) is 6.61 Å². The molecule has 1 aliphatic carbocycles. The number of rotatable bonds is 6. The summed E-state index contributed by atoms with van der Waals surface area (Å²) < 4.78 is 5.61. The van der Waals surface area contributed by atoms with Gasteiger partial charge in [0, 0.05) is 31.1 Å². The van der Waals surface area contributed by atoms with Gasteiger partial charge in [-0.15, -0.1) is 0 Å². The van der Waals surface area contributed by atoms with E-state index in [-0.39, 0.29) is 24.3 Å². The first-order chi connectivity index (χ1) is 15.2. The van der Waals surface area contributed by atoms with Gasteiger partial charge >= 0.3 is 0 Å². The summed E-state index contributed by atoms with van der Waals surface area (Å²) in [4.78, 5) is 29.6. The lowest BCUT2D eigenvalue weighted by Crippen LogP contribution is -2.51. The number of likely N-dealkylation sites (tertiary alicyclic amines) is 2. The molecule has 1 aromatic rings. The van der Waals surface area contributed by atoms with Crippen LogP contribution in [-0.4, -0.2) is 66.5 Å². The highest BCUT2D eigenvalue weighted by molar-refractivity contribution is 5.79. The maximum absolute atomic E-state index is 12.6. The Hall–Kier alpha value is -2.08. The predicted octanol–water partition coefficient (Wildman–Crippen LogP) is 3.22. The van der Waals surface area contributed by atoms with Crippen molar-refractivity contribution in [3.05, 3.63) is 30.3 Å².